The molecule has 0 amide bonds. The topological polar surface area (TPSA) is 45.8 Å². The molecule has 0 aliphatic heterocycles. The Morgan fingerprint density at radius 1 is 1.32 bits per heavy atom. The highest BCUT2D eigenvalue weighted by molar-refractivity contribution is 6.00. The monoisotopic (exact) mass is 252 g/mol. The van der Waals surface area contributed by atoms with Crippen LogP contribution in [0.5, 0.6) is 0 Å². The van der Waals surface area contributed by atoms with Crippen molar-refractivity contribution in [3.63, 3.8) is 0 Å². The largest absolute Gasteiger partial charge is 0.329 e. The molecule has 0 saturated carbocycles. The molecule has 1 aromatic carbocycles. The van der Waals surface area contributed by atoms with E-state index in [1.807, 2.05) is 39.0 Å². The number of hydrogen-bond donors (Lipinski definition) is 0. The average molecular weight is 252 g/mol. The summed E-state index contributed by atoms with van der Waals surface area (Å²) in [5.74, 6) is 0.0360. The molecule has 1 unspecified atom stereocenters. The molecule has 19 heavy (non-hydrogen) atoms. The first-order valence-electron chi connectivity index (χ1n) is 6.23. The lowest BCUT2D eigenvalue weighted by Crippen LogP contribution is -2.18. The number of nitriles is 1. The van der Waals surface area contributed by atoms with E-state index in [-0.39, 0.29) is 11.8 Å². The highest BCUT2D eigenvalue weighted by atomic mass is 16.1. The van der Waals surface area contributed by atoms with E-state index >= 15 is 0 Å². The van der Waals surface area contributed by atoms with Gasteiger partial charge in [-0.2, -0.15) is 5.26 Å². The van der Waals surface area contributed by atoms with Gasteiger partial charge in [0.25, 0.3) is 0 Å². The zero-order valence-corrected chi connectivity index (χ0v) is 11.3. The van der Waals surface area contributed by atoms with Crippen LogP contribution in [0.4, 0.5) is 0 Å². The van der Waals surface area contributed by atoms with Gasteiger partial charge in [-0.1, -0.05) is 17.7 Å². The van der Waals surface area contributed by atoms with E-state index in [1.165, 1.54) is 0 Å². The molecule has 2 rings (SSSR count). The Balaban J connectivity index is 2.40. The van der Waals surface area contributed by atoms with E-state index < -0.39 is 0 Å². The van der Waals surface area contributed by atoms with Crippen LogP contribution in [0.3, 0.4) is 0 Å². The molecule has 0 N–H and O–H groups in total. The SMILES string of the molecule is Cc1ccc(C)c(C(=O)C(C)n2cccc2C#N)c1. The number of nitrogens with zero attached hydrogens (tertiary/aromatic N) is 2. The highest BCUT2D eigenvalue weighted by Gasteiger charge is 2.20. The van der Waals surface area contributed by atoms with Gasteiger partial charge in [0.1, 0.15) is 11.8 Å². The fourth-order valence-corrected chi connectivity index (χ4v) is 2.18. The Kier molecular flexibility index (Phi) is 3.52. The molecule has 3 nitrogen and oxygen atoms in total. The maximum Gasteiger partial charge on any atom is 0.185 e. The smallest absolute Gasteiger partial charge is 0.185 e. The summed E-state index contributed by atoms with van der Waals surface area (Å²) >= 11 is 0. The zero-order valence-electron chi connectivity index (χ0n) is 11.3. The summed E-state index contributed by atoms with van der Waals surface area (Å²) in [6.07, 6.45) is 1.77. The molecule has 3 heteroatoms. The van der Waals surface area contributed by atoms with Crippen LogP contribution in [0.1, 0.15) is 40.1 Å². The summed E-state index contributed by atoms with van der Waals surface area (Å²) in [7, 11) is 0. The molecule has 0 aliphatic carbocycles. The van der Waals surface area contributed by atoms with Gasteiger partial charge in [0.2, 0.25) is 0 Å². The number of Topliss-reactive ketones (excluding diaryl/α,β-unsaturated/α-hetero) is 1. The van der Waals surface area contributed by atoms with Crippen molar-refractivity contribution in [2.24, 2.45) is 0 Å². The molecular formula is C16H16N2O. The molecule has 96 valence electrons. The van der Waals surface area contributed by atoms with E-state index in [4.69, 9.17) is 5.26 Å². The number of carbonyl (C=O) groups is 1. The van der Waals surface area contributed by atoms with Gasteiger partial charge in [0.05, 0.1) is 6.04 Å². The molecule has 0 bridgehead atoms. The van der Waals surface area contributed by atoms with Crippen LogP contribution in [-0.2, 0) is 0 Å². The Hall–Kier alpha value is -2.34. The van der Waals surface area contributed by atoms with Crippen LogP contribution < -0.4 is 0 Å². The number of hydrogen-bond acceptors (Lipinski definition) is 2. The Bertz CT molecular complexity index is 662. The second kappa shape index (κ2) is 5.11. The first-order valence-corrected chi connectivity index (χ1v) is 6.23. The van der Waals surface area contributed by atoms with Gasteiger partial charge in [-0.05, 0) is 44.5 Å². The second-order valence-corrected chi connectivity index (χ2v) is 4.77. The van der Waals surface area contributed by atoms with E-state index in [9.17, 15) is 4.79 Å². The van der Waals surface area contributed by atoms with Crippen molar-refractivity contribution < 1.29 is 4.79 Å². The third-order valence-corrected chi connectivity index (χ3v) is 3.35. The number of carbonyl (C=O) groups excluding carboxylic acids is 1. The van der Waals surface area contributed by atoms with E-state index in [1.54, 1.807) is 22.9 Å². The van der Waals surface area contributed by atoms with Crippen LogP contribution in [0, 0.1) is 25.2 Å². The highest BCUT2D eigenvalue weighted by Crippen LogP contribution is 2.20. The van der Waals surface area contributed by atoms with Crippen molar-refractivity contribution in [2.45, 2.75) is 26.8 Å². The fourth-order valence-electron chi connectivity index (χ4n) is 2.18. The van der Waals surface area contributed by atoms with Crippen molar-refractivity contribution in [1.82, 2.24) is 4.57 Å². The molecule has 0 saturated heterocycles. The quantitative estimate of drug-likeness (QED) is 0.786. The first kappa shape index (κ1) is 13.1. The summed E-state index contributed by atoms with van der Waals surface area (Å²) in [5, 5.41) is 9.03. The van der Waals surface area contributed by atoms with Crippen molar-refractivity contribution in [1.29, 1.82) is 5.26 Å². The van der Waals surface area contributed by atoms with Gasteiger partial charge in [-0.15, -0.1) is 0 Å². The van der Waals surface area contributed by atoms with E-state index in [0.717, 1.165) is 16.7 Å². The van der Waals surface area contributed by atoms with Gasteiger partial charge < -0.3 is 4.57 Å². The van der Waals surface area contributed by atoms with Gasteiger partial charge in [0.15, 0.2) is 5.78 Å². The third-order valence-electron chi connectivity index (χ3n) is 3.35. The molecular weight excluding hydrogens is 236 g/mol. The van der Waals surface area contributed by atoms with Crippen LogP contribution >= 0.6 is 0 Å². The van der Waals surface area contributed by atoms with E-state index in [2.05, 4.69) is 6.07 Å². The minimum absolute atomic E-state index is 0.0360. The van der Waals surface area contributed by atoms with Crippen LogP contribution in [-0.4, -0.2) is 10.4 Å². The minimum atomic E-state index is -0.370. The van der Waals surface area contributed by atoms with Gasteiger partial charge in [-0.25, -0.2) is 0 Å². The van der Waals surface area contributed by atoms with Crippen molar-refractivity contribution in [3.8, 4) is 6.07 Å². The second-order valence-electron chi connectivity index (χ2n) is 4.77. The first-order chi connectivity index (χ1) is 9.04. The Morgan fingerprint density at radius 3 is 2.74 bits per heavy atom. The third kappa shape index (κ3) is 2.43. The maximum atomic E-state index is 12.6. The van der Waals surface area contributed by atoms with Crippen molar-refractivity contribution in [3.05, 3.63) is 58.9 Å². The van der Waals surface area contributed by atoms with Gasteiger partial charge >= 0.3 is 0 Å². The Morgan fingerprint density at radius 2 is 2.05 bits per heavy atom. The fraction of sp³-hybridized carbons (Fsp3) is 0.250. The molecule has 0 radical (unpaired) electrons. The molecule has 0 spiro atoms. The number of ketones is 1. The van der Waals surface area contributed by atoms with E-state index in [0.29, 0.717) is 5.69 Å². The predicted molar refractivity (Wildman–Crippen MR) is 74.1 cm³/mol. The van der Waals surface area contributed by atoms with Gasteiger partial charge in [0, 0.05) is 11.8 Å². The van der Waals surface area contributed by atoms with Crippen molar-refractivity contribution in [2.75, 3.05) is 0 Å². The number of benzene rings is 1. The number of rotatable bonds is 3. The summed E-state index contributed by atoms with van der Waals surface area (Å²) in [4.78, 5) is 12.6. The standard InChI is InChI=1S/C16H16N2O/c1-11-6-7-12(2)15(9-11)16(19)13(3)18-8-4-5-14(18)10-17/h4-9,13H,1-3H3. The summed E-state index contributed by atoms with van der Waals surface area (Å²) in [5.41, 5.74) is 3.26. The molecule has 2 aromatic rings. The molecule has 0 aliphatic rings. The summed E-state index contributed by atoms with van der Waals surface area (Å²) in [6.45, 7) is 5.72. The average Bonchev–Trinajstić information content (AvgIpc) is 2.88. The molecule has 1 atom stereocenters. The number of aryl methyl sites for hydroxylation is 2. The Labute approximate surface area is 113 Å². The summed E-state index contributed by atoms with van der Waals surface area (Å²) < 4.78 is 1.71. The number of aromatic nitrogens is 1. The molecule has 1 heterocycles. The lowest BCUT2D eigenvalue weighted by molar-refractivity contribution is 0.0934. The zero-order chi connectivity index (χ0) is 14.0. The lowest BCUT2D eigenvalue weighted by Gasteiger charge is -2.15. The van der Waals surface area contributed by atoms with Crippen LogP contribution in [0.2, 0.25) is 0 Å². The predicted octanol–water partition coefficient (Wildman–Crippen LogP) is 3.42. The summed E-state index contributed by atoms with van der Waals surface area (Å²) in [6, 6.07) is 11.1. The maximum absolute atomic E-state index is 12.6. The molecule has 1 aromatic heterocycles. The normalized spacial score (nSPS) is 11.9. The van der Waals surface area contributed by atoms with Crippen LogP contribution in [0.25, 0.3) is 0 Å². The van der Waals surface area contributed by atoms with Crippen molar-refractivity contribution >= 4 is 5.78 Å². The van der Waals surface area contributed by atoms with Gasteiger partial charge in [-0.3, -0.25) is 4.79 Å². The minimum Gasteiger partial charge on any atom is -0.329 e. The molecule has 0 fully saturated rings. The van der Waals surface area contributed by atoms with Crippen LogP contribution in [0.15, 0.2) is 36.5 Å². The lowest BCUT2D eigenvalue weighted by atomic mass is 9.98.